The Bertz CT molecular complexity index is 1240. The summed E-state index contributed by atoms with van der Waals surface area (Å²) in [5.74, 6) is 0. The predicted octanol–water partition coefficient (Wildman–Crippen LogP) is 4.58. The largest absolute Gasteiger partial charge is 0.305 e. The number of pyridine rings is 2. The number of aromatic nitrogens is 6. The predicted molar refractivity (Wildman–Crippen MR) is 121 cm³/mol. The Labute approximate surface area is 189 Å². The SMILES string of the molecule is C[C@H](Cn1cccn1)N(Cc1cn2cc(Cl)ccc2n1)Cc1cn2cc(Cl)ccc2n1. The third-order valence-corrected chi connectivity index (χ3v) is 5.74. The van der Waals surface area contributed by atoms with Gasteiger partial charge in [-0.2, -0.15) is 5.10 Å². The monoisotopic (exact) mass is 453 g/mol. The number of rotatable bonds is 7. The highest BCUT2D eigenvalue weighted by Crippen LogP contribution is 2.18. The van der Waals surface area contributed by atoms with Crippen molar-refractivity contribution in [1.82, 2.24) is 33.4 Å². The van der Waals surface area contributed by atoms with Crippen molar-refractivity contribution in [3.05, 3.63) is 88.9 Å². The molecule has 158 valence electrons. The minimum Gasteiger partial charge on any atom is -0.305 e. The van der Waals surface area contributed by atoms with Gasteiger partial charge in [0, 0.05) is 56.3 Å². The lowest BCUT2D eigenvalue weighted by Crippen LogP contribution is -2.35. The second-order valence-corrected chi connectivity index (χ2v) is 8.55. The summed E-state index contributed by atoms with van der Waals surface area (Å²) in [6.45, 7) is 4.32. The van der Waals surface area contributed by atoms with Gasteiger partial charge in [-0.05, 0) is 37.3 Å². The molecule has 5 aromatic heterocycles. The van der Waals surface area contributed by atoms with Gasteiger partial charge in [-0.1, -0.05) is 23.2 Å². The summed E-state index contributed by atoms with van der Waals surface area (Å²) in [6, 6.07) is 9.71. The first-order chi connectivity index (χ1) is 15.0. The Hall–Kier alpha value is -2.87. The Morgan fingerprint density at radius 2 is 1.45 bits per heavy atom. The lowest BCUT2D eigenvalue weighted by molar-refractivity contribution is 0.166. The molecule has 0 aliphatic rings. The van der Waals surface area contributed by atoms with Crippen molar-refractivity contribution in [3.63, 3.8) is 0 Å². The van der Waals surface area contributed by atoms with E-state index in [9.17, 15) is 0 Å². The summed E-state index contributed by atoms with van der Waals surface area (Å²) in [7, 11) is 0. The van der Waals surface area contributed by atoms with Gasteiger partial charge in [-0.3, -0.25) is 9.58 Å². The zero-order chi connectivity index (χ0) is 21.4. The molecule has 5 aromatic rings. The highest BCUT2D eigenvalue weighted by atomic mass is 35.5. The molecule has 0 N–H and O–H groups in total. The first-order valence-corrected chi connectivity index (χ1v) is 10.8. The zero-order valence-electron chi connectivity index (χ0n) is 16.9. The van der Waals surface area contributed by atoms with Crippen molar-refractivity contribution < 1.29 is 0 Å². The van der Waals surface area contributed by atoms with Crippen LogP contribution >= 0.6 is 23.2 Å². The van der Waals surface area contributed by atoms with Crippen LogP contribution in [0.1, 0.15) is 18.3 Å². The van der Waals surface area contributed by atoms with E-state index < -0.39 is 0 Å². The van der Waals surface area contributed by atoms with Gasteiger partial charge in [0.1, 0.15) is 11.3 Å². The third-order valence-electron chi connectivity index (χ3n) is 5.29. The molecule has 5 rings (SSSR count). The lowest BCUT2D eigenvalue weighted by Gasteiger charge is -2.27. The molecule has 0 radical (unpaired) electrons. The smallest absolute Gasteiger partial charge is 0.137 e. The highest BCUT2D eigenvalue weighted by Gasteiger charge is 2.19. The van der Waals surface area contributed by atoms with Gasteiger partial charge in [0.2, 0.25) is 0 Å². The molecule has 31 heavy (non-hydrogen) atoms. The number of halogens is 2. The fourth-order valence-electron chi connectivity index (χ4n) is 3.77. The van der Waals surface area contributed by atoms with Crippen molar-refractivity contribution in [2.24, 2.45) is 0 Å². The summed E-state index contributed by atoms with van der Waals surface area (Å²) >= 11 is 12.3. The van der Waals surface area contributed by atoms with Crippen LogP contribution in [0.25, 0.3) is 11.3 Å². The molecule has 0 fully saturated rings. The van der Waals surface area contributed by atoms with Gasteiger partial charge >= 0.3 is 0 Å². The summed E-state index contributed by atoms with van der Waals surface area (Å²) < 4.78 is 5.87. The van der Waals surface area contributed by atoms with Crippen molar-refractivity contribution in [2.45, 2.75) is 32.6 Å². The number of hydrogen-bond donors (Lipinski definition) is 0. The number of nitrogens with zero attached hydrogens (tertiary/aromatic N) is 7. The molecule has 0 amide bonds. The van der Waals surface area contributed by atoms with E-state index in [4.69, 9.17) is 33.2 Å². The molecular formula is C22H21Cl2N7. The third kappa shape index (κ3) is 4.44. The van der Waals surface area contributed by atoms with Crippen LogP contribution in [0.4, 0.5) is 0 Å². The minimum atomic E-state index is 0.210. The molecule has 0 spiro atoms. The van der Waals surface area contributed by atoms with Gasteiger partial charge in [0.05, 0.1) is 28.0 Å². The average Bonchev–Trinajstić information content (AvgIpc) is 3.46. The Kier molecular flexibility index (Phi) is 5.40. The van der Waals surface area contributed by atoms with E-state index in [0.29, 0.717) is 23.1 Å². The van der Waals surface area contributed by atoms with Crippen LogP contribution in [0.3, 0.4) is 0 Å². The maximum atomic E-state index is 6.13. The van der Waals surface area contributed by atoms with E-state index in [1.165, 1.54) is 0 Å². The van der Waals surface area contributed by atoms with Crippen molar-refractivity contribution in [2.75, 3.05) is 0 Å². The van der Waals surface area contributed by atoms with Gasteiger partial charge in [-0.25, -0.2) is 9.97 Å². The quantitative estimate of drug-likeness (QED) is 0.362. The fourth-order valence-corrected chi connectivity index (χ4v) is 4.10. The second kappa shape index (κ2) is 8.34. The molecule has 5 heterocycles. The molecule has 0 aliphatic carbocycles. The van der Waals surface area contributed by atoms with Crippen LogP contribution < -0.4 is 0 Å². The van der Waals surface area contributed by atoms with E-state index >= 15 is 0 Å². The van der Waals surface area contributed by atoms with Gasteiger partial charge < -0.3 is 8.80 Å². The fraction of sp³-hybridized carbons (Fsp3) is 0.227. The van der Waals surface area contributed by atoms with Crippen molar-refractivity contribution in [1.29, 1.82) is 0 Å². The van der Waals surface area contributed by atoms with E-state index in [0.717, 1.165) is 29.2 Å². The Balaban J connectivity index is 1.43. The van der Waals surface area contributed by atoms with Crippen LogP contribution in [0.15, 0.2) is 67.5 Å². The molecule has 0 aromatic carbocycles. The maximum absolute atomic E-state index is 6.13. The number of fused-ring (bicyclic) bond motifs is 2. The number of imidazole rings is 2. The van der Waals surface area contributed by atoms with Gasteiger partial charge in [0.25, 0.3) is 0 Å². The van der Waals surface area contributed by atoms with Crippen molar-refractivity contribution in [3.8, 4) is 0 Å². The average molecular weight is 454 g/mol. The Morgan fingerprint density at radius 3 is 1.97 bits per heavy atom. The molecule has 7 nitrogen and oxygen atoms in total. The van der Waals surface area contributed by atoms with E-state index in [2.05, 4.69) is 16.9 Å². The Morgan fingerprint density at radius 1 is 0.871 bits per heavy atom. The molecule has 0 bridgehead atoms. The molecule has 0 aliphatic heterocycles. The van der Waals surface area contributed by atoms with Crippen molar-refractivity contribution >= 4 is 34.5 Å². The molecule has 9 heteroatoms. The molecule has 0 saturated heterocycles. The lowest BCUT2D eigenvalue weighted by atomic mass is 10.2. The first kappa shape index (κ1) is 20.1. The molecule has 0 unspecified atom stereocenters. The highest BCUT2D eigenvalue weighted by molar-refractivity contribution is 6.30. The zero-order valence-corrected chi connectivity index (χ0v) is 18.4. The van der Waals surface area contributed by atoms with Crippen LogP contribution in [-0.2, 0) is 19.6 Å². The topological polar surface area (TPSA) is 55.7 Å². The van der Waals surface area contributed by atoms with Crippen LogP contribution in [0.2, 0.25) is 10.0 Å². The van der Waals surface area contributed by atoms with Crippen LogP contribution in [0, 0.1) is 0 Å². The standard InChI is InChI=1S/C22H21Cl2N7/c1-16(9-31-8-2-7-25-31)28(12-19-14-29-10-17(23)3-5-21(29)26-19)13-20-15-30-11-18(24)4-6-22(30)27-20/h2-8,10-11,14-16H,9,12-13H2,1H3/t16-/m1/s1. The van der Waals surface area contributed by atoms with Crippen LogP contribution in [-0.4, -0.2) is 39.5 Å². The normalized spacial score (nSPS) is 12.9. The summed E-state index contributed by atoms with van der Waals surface area (Å²) in [6.07, 6.45) is 11.6. The summed E-state index contributed by atoms with van der Waals surface area (Å²) in [5.41, 5.74) is 3.70. The molecular weight excluding hydrogens is 433 g/mol. The first-order valence-electron chi connectivity index (χ1n) is 10.0. The van der Waals surface area contributed by atoms with Crippen LogP contribution in [0.5, 0.6) is 0 Å². The molecule has 0 saturated carbocycles. The minimum absolute atomic E-state index is 0.210. The number of hydrogen-bond acceptors (Lipinski definition) is 4. The van der Waals surface area contributed by atoms with E-state index in [1.54, 1.807) is 6.20 Å². The molecule has 1 atom stereocenters. The van der Waals surface area contributed by atoms with E-state index in [-0.39, 0.29) is 6.04 Å². The van der Waals surface area contributed by atoms with E-state index in [1.807, 2.05) is 74.8 Å². The summed E-state index contributed by atoms with van der Waals surface area (Å²) in [5, 5.41) is 5.73. The second-order valence-electron chi connectivity index (χ2n) is 7.67. The maximum Gasteiger partial charge on any atom is 0.137 e. The van der Waals surface area contributed by atoms with Gasteiger partial charge in [-0.15, -0.1) is 0 Å². The van der Waals surface area contributed by atoms with Gasteiger partial charge in [0.15, 0.2) is 0 Å². The summed E-state index contributed by atoms with van der Waals surface area (Å²) in [4.78, 5) is 11.9.